The maximum atomic E-state index is 13.3. The number of nitrogens with one attached hydrogen (secondary N) is 2. The topological polar surface area (TPSA) is 97.6 Å². The van der Waals surface area contributed by atoms with Gasteiger partial charge in [-0.2, -0.15) is 9.98 Å². The first-order chi connectivity index (χ1) is 16.5. The minimum Gasteiger partial charge on any atom is -0.338 e. The van der Waals surface area contributed by atoms with Crippen molar-refractivity contribution in [2.24, 2.45) is 20.0 Å². The fraction of sp³-hybridized carbons (Fsp3) is 0.115. The van der Waals surface area contributed by atoms with Crippen molar-refractivity contribution >= 4 is 40.1 Å². The zero-order valence-corrected chi connectivity index (χ0v) is 18.5. The van der Waals surface area contributed by atoms with Crippen molar-refractivity contribution in [2.45, 2.75) is 19.5 Å². The number of H-pyrrole nitrogens is 1. The molecule has 7 rings (SSSR count). The predicted octanol–water partition coefficient (Wildman–Crippen LogP) is 3.07. The van der Waals surface area contributed by atoms with Gasteiger partial charge in [0, 0.05) is 22.2 Å². The molecule has 0 aliphatic carbocycles. The molecule has 0 saturated heterocycles. The van der Waals surface area contributed by atoms with Crippen LogP contribution in [0.1, 0.15) is 16.7 Å². The Bertz CT molecular complexity index is 1750. The predicted molar refractivity (Wildman–Crippen MR) is 131 cm³/mol. The highest BCUT2D eigenvalue weighted by Crippen LogP contribution is 2.49. The number of anilines is 2. The van der Waals surface area contributed by atoms with Crippen LogP contribution in [0.25, 0.3) is 10.9 Å². The van der Waals surface area contributed by atoms with Crippen LogP contribution in [-0.4, -0.2) is 22.8 Å². The first kappa shape index (κ1) is 18.9. The third-order valence-corrected chi connectivity index (χ3v) is 6.53. The molecule has 2 N–H and O–H groups in total. The van der Waals surface area contributed by atoms with Gasteiger partial charge in [-0.3, -0.25) is 9.69 Å². The van der Waals surface area contributed by atoms with Crippen molar-refractivity contribution in [3.63, 3.8) is 0 Å². The summed E-state index contributed by atoms with van der Waals surface area (Å²) in [6, 6.07) is 21.7. The van der Waals surface area contributed by atoms with Crippen LogP contribution in [0.5, 0.6) is 0 Å². The Labute approximate surface area is 194 Å². The lowest BCUT2D eigenvalue weighted by atomic mass is 9.94. The molecule has 8 nitrogen and oxygen atoms in total. The maximum absolute atomic E-state index is 13.3. The molecule has 3 aliphatic rings. The number of fused-ring (bicyclic) bond motifs is 5. The van der Waals surface area contributed by atoms with Gasteiger partial charge in [0.05, 0.1) is 5.69 Å². The number of para-hydroxylation sites is 2. The summed E-state index contributed by atoms with van der Waals surface area (Å²) in [6.45, 7) is 4.07. The zero-order valence-electron chi connectivity index (χ0n) is 18.5. The molecule has 0 fully saturated rings. The first-order valence-electron chi connectivity index (χ1n) is 11.1. The van der Waals surface area contributed by atoms with Gasteiger partial charge in [0.2, 0.25) is 11.6 Å². The lowest BCUT2D eigenvalue weighted by Gasteiger charge is -2.45. The fourth-order valence-electron chi connectivity index (χ4n) is 4.99. The number of rotatable bonds is 1. The number of guanidine groups is 2. The number of amides is 1. The number of aromatic amines is 1. The van der Waals surface area contributed by atoms with Crippen molar-refractivity contribution in [1.29, 1.82) is 0 Å². The molecule has 3 aromatic carbocycles. The molecule has 0 radical (unpaired) electrons. The highest BCUT2D eigenvalue weighted by atomic mass is 16.2. The molecule has 0 bridgehead atoms. The molecular weight excluding hydrogens is 426 g/mol. The van der Waals surface area contributed by atoms with Gasteiger partial charge < -0.3 is 10.3 Å². The summed E-state index contributed by atoms with van der Waals surface area (Å²) in [6.07, 6.45) is 0. The Balaban J connectivity index is 1.41. The van der Waals surface area contributed by atoms with Crippen LogP contribution in [-0.2, 0) is 10.5 Å². The number of benzene rings is 3. The van der Waals surface area contributed by atoms with E-state index in [1.165, 1.54) is 0 Å². The quantitative estimate of drug-likeness (QED) is 0.471. The molecule has 164 valence electrons. The third kappa shape index (κ3) is 2.39. The van der Waals surface area contributed by atoms with E-state index in [9.17, 15) is 4.79 Å². The largest absolute Gasteiger partial charge is 0.338 e. The SMILES string of the molecule is Cc1ccc(N2C(N=C3N=c4[nH]c5ccccc5c4=N3)=NC23C(=O)Nc2ccccc23)c(C)c1. The van der Waals surface area contributed by atoms with E-state index in [4.69, 9.17) is 4.99 Å². The minimum absolute atomic E-state index is 0.200. The monoisotopic (exact) mass is 445 g/mol. The smallest absolute Gasteiger partial charge is 0.278 e. The van der Waals surface area contributed by atoms with Crippen LogP contribution in [0.15, 0.2) is 86.7 Å². The molecule has 4 heterocycles. The summed E-state index contributed by atoms with van der Waals surface area (Å²) in [7, 11) is 0. The Kier molecular flexibility index (Phi) is 3.61. The number of aromatic nitrogens is 1. The van der Waals surface area contributed by atoms with Crippen LogP contribution in [0.3, 0.4) is 0 Å². The molecule has 1 amide bonds. The van der Waals surface area contributed by atoms with E-state index < -0.39 is 5.66 Å². The molecule has 1 unspecified atom stereocenters. The Hall–Kier alpha value is -4.59. The molecule has 1 aromatic heterocycles. The second-order valence-electron chi connectivity index (χ2n) is 8.71. The van der Waals surface area contributed by atoms with Crippen LogP contribution in [0.2, 0.25) is 0 Å². The number of aliphatic imine (C=N–C) groups is 2. The number of aryl methyl sites for hydroxylation is 2. The van der Waals surface area contributed by atoms with Gasteiger partial charge in [-0.15, -0.1) is 0 Å². The molecular formula is C26H19N7O. The average Bonchev–Trinajstić information content (AvgIpc) is 3.45. The van der Waals surface area contributed by atoms with Gasteiger partial charge in [-0.05, 0) is 37.6 Å². The summed E-state index contributed by atoms with van der Waals surface area (Å²) in [5.74, 6) is 0.506. The summed E-state index contributed by atoms with van der Waals surface area (Å²) in [5.41, 5.74) is 5.06. The van der Waals surface area contributed by atoms with Gasteiger partial charge in [-0.25, -0.2) is 9.98 Å². The van der Waals surface area contributed by atoms with Gasteiger partial charge in [-0.1, -0.05) is 54.1 Å². The van der Waals surface area contributed by atoms with Crippen molar-refractivity contribution in [2.75, 3.05) is 10.2 Å². The highest BCUT2D eigenvalue weighted by Gasteiger charge is 2.60. The second kappa shape index (κ2) is 6.48. The minimum atomic E-state index is -1.20. The van der Waals surface area contributed by atoms with Crippen LogP contribution in [0.4, 0.5) is 11.4 Å². The number of nitrogens with zero attached hydrogens (tertiary/aromatic N) is 5. The molecule has 8 heteroatoms. The fourth-order valence-corrected chi connectivity index (χ4v) is 4.99. The number of carbonyl (C=O) groups excluding carboxylic acids is 1. The number of hydrogen-bond donors (Lipinski definition) is 2. The summed E-state index contributed by atoms with van der Waals surface area (Å²) >= 11 is 0. The van der Waals surface area contributed by atoms with Crippen molar-refractivity contribution in [1.82, 2.24) is 4.98 Å². The molecule has 1 atom stereocenters. The van der Waals surface area contributed by atoms with E-state index in [1.54, 1.807) is 0 Å². The Morgan fingerprint density at radius 2 is 1.79 bits per heavy atom. The molecule has 3 aliphatic heterocycles. The molecule has 4 aromatic rings. The highest BCUT2D eigenvalue weighted by molar-refractivity contribution is 6.21. The van der Waals surface area contributed by atoms with E-state index in [0.29, 0.717) is 17.4 Å². The summed E-state index contributed by atoms with van der Waals surface area (Å²) in [5, 5.41) is 4.74. The van der Waals surface area contributed by atoms with Crippen molar-refractivity contribution in [3.05, 3.63) is 94.3 Å². The van der Waals surface area contributed by atoms with E-state index >= 15 is 0 Å². The van der Waals surface area contributed by atoms with E-state index in [0.717, 1.165) is 44.3 Å². The van der Waals surface area contributed by atoms with Crippen molar-refractivity contribution < 1.29 is 4.79 Å². The zero-order chi connectivity index (χ0) is 23.0. The lowest BCUT2D eigenvalue weighted by Crippen LogP contribution is -2.61. The number of carbonyl (C=O) groups is 1. The standard InChI is InChI=1S/C26H19N7O/c1-14-11-12-20(15(2)13-14)33-25(32-26(33)17-8-4-6-10-19(17)28-23(26)34)31-24-29-21-16-7-3-5-9-18(16)27-22(21)30-24/h3-13H,1-2H3,(H,28,34)(H,27,29,30,31,32). The van der Waals surface area contributed by atoms with Crippen LogP contribution >= 0.6 is 0 Å². The molecule has 1 spiro atoms. The van der Waals surface area contributed by atoms with Crippen LogP contribution in [0, 0.1) is 13.8 Å². The van der Waals surface area contributed by atoms with E-state index in [-0.39, 0.29) is 5.91 Å². The Morgan fingerprint density at radius 1 is 0.971 bits per heavy atom. The van der Waals surface area contributed by atoms with E-state index in [1.807, 2.05) is 79.4 Å². The molecule has 34 heavy (non-hydrogen) atoms. The Morgan fingerprint density at radius 3 is 2.68 bits per heavy atom. The molecule has 0 saturated carbocycles. The normalized spacial score (nSPS) is 21.1. The van der Waals surface area contributed by atoms with Gasteiger partial charge in [0.1, 0.15) is 5.36 Å². The number of hydrogen-bond acceptors (Lipinski definition) is 4. The van der Waals surface area contributed by atoms with Gasteiger partial charge >= 0.3 is 0 Å². The summed E-state index contributed by atoms with van der Waals surface area (Å²) < 4.78 is 0. The third-order valence-electron chi connectivity index (χ3n) is 6.53. The lowest BCUT2D eigenvalue weighted by molar-refractivity contribution is -0.120. The first-order valence-corrected chi connectivity index (χ1v) is 11.1. The van der Waals surface area contributed by atoms with Gasteiger partial charge in [0.25, 0.3) is 11.9 Å². The maximum Gasteiger partial charge on any atom is 0.278 e. The van der Waals surface area contributed by atoms with Crippen molar-refractivity contribution in [3.8, 4) is 0 Å². The second-order valence-corrected chi connectivity index (χ2v) is 8.71. The summed E-state index contributed by atoms with van der Waals surface area (Å²) in [4.78, 5) is 37.2. The van der Waals surface area contributed by atoms with E-state index in [2.05, 4.69) is 31.3 Å². The average molecular weight is 445 g/mol. The van der Waals surface area contributed by atoms with Crippen LogP contribution < -0.4 is 21.1 Å². The van der Waals surface area contributed by atoms with Gasteiger partial charge in [0.15, 0.2) is 5.49 Å².